The van der Waals surface area contributed by atoms with Crippen LogP contribution in [0.2, 0.25) is 0 Å². The van der Waals surface area contributed by atoms with Crippen LogP contribution in [0.5, 0.6) is 5.75 Å². The maximum absolute atomic E-state index is 15.0. The van der Waals surface area contributed by atoms with Gasteiger partial charge in [0.25, 0.3) is 11.5 Å². The summed E-state index contributed by atoms with van der Waals surface area (Å²) in [5, 5.41) is 0. The fourth-order valence-corrected chi connectivity index (χ4v) is 3.77. The second-order valence-electron chi connectivity index (χ2n) is 7.78. The number of carbonyl (C=O) groups excluding carboxylic acids is 2. The number of carbonyl (C=O) groups is 2. The first kappa shape index (κ1) is 22.6. The zero-order chi connectivity index (χ0) is 24.5. The van der Waals surface area contributed by atoms with Crippen LogP contribution in [0.3, 0.4) is 0 Å². The number of aromatic nitrogens is 2. The van der Waals surface area contributed by atoms with Gasteiger partial charge in [0.15, 0.2) is 11.4 Å². The summed E-state index contributed by atoms with van der Waals surface area (Å²) in [5.74, 6) is -2.66. The van der Waals surface area contributed by atoms with Gasteiger partial charge < -0.3 is 9.47 Å². The molecule has 2 aliphatic rings. The average Bonchev–Trinajstić information content (AvgIpc) is 3.51. The van der Waals surface area contributed by atoms with Gasteiger partial charge in [0.2, 0.25) is 0 Å². The molecule has 0 bridgehead atoms. The third kappa shape index (κ3) is 3.38. The minimum atomic E-state index is -4.99. The van der Waals surface area contributed by atoms with Crippen LogP contribution in [0.15, 0.2) is 27.8 Å². The number of benzene rings is 1. The molecule has 1 fully saturated rings. The molecule has 2 heterocycles. The number of rotatable bonds is 3. The lowest BCUT2D eigenvalue weighted by Gasteiger charge is -2.37. The van der Waals surface area contributed by atoms with Crippen LogP contribution in [0.4, 0.5) is 23.2 Å². The van der Waals surface area contributed by atoms with Crippen molar-refractivity contribution in [1.29, 1.82) is 0 Å². The average molecular weight is 471 g/mol. The van der Waals surface area contributed by atoms with Crippen molar-refractivity contribution in [2.24, 2.45) is 7.05 Å². The molecule has 4 rings (SSSR count). The summed E-state index contributed by atoms with van der Waals surface area (Å²) in [5.41, 5.74) is -6.51. The highest BCUT2D eigenvalue weighted by molar-refractivity contribution is 6.08. The van der Waals surface area contributed by atoms with Crippen LogP contribution >= 0.6 is 0 Å². The summed E-state index contributed by atoms with van der Waals surface area (Å²) in [6, 6.07) is 0.717. The Balaban J connectivity index is 1.95. The van der Waals surface area contributed by atoms with E-state index in [0.717, 1.165) is 31.2 Å². The highest BCUT2D eigenvalue weighted by atomic mass is 19.4. The van der Waals surface area contributed by atoms with E-state index in [9.17, 15) is 32.3 Å². The quantitative estimate of drug-likeness (QED) is 0.497. The smallest absolute Gasteiger partial charge is 0.431 e. The Kier molecular flexibility index (Phi) is 4.91. The standard InChI is InChI=1S/C20H17F4N3O6/c1-9(16(29)32-3)26-12-7-11(10(21)6-13(12)33-19(4-5-19)17(26)30)27-15(28)8-14(20(22,23)24)25(2)18(27)31/h6-9H,4-5H2,1-3H3. The number of ether oxygens (including phenoxy) is 2. The number of methoxy groups -OCH3 is 1. The molecule has 33 heavy (non-hydrogen) atoms. The Hall–Kier alpha value is -3.64. The van der Waals surface area contributed by atoms with E-state index < -0.39 is 58.1 Å². The predicted molar refractivity (Wildman–Crippen MR) is 104 cm³/mol. The third-order valence-corrected chi connectivity index (χ3v) is 5.69. The molecule has 0 N–H and O–H groups in total. The number of nitrogens with zero attached hydrogens (tertiary/aromatic N) is 3. The molecule has 1 saturated carbocycles. The molecule has 1 spiro atoms. The number of hydrogen-bond acceptors (Lipinski definition) is 6. The summed E-state index contributed by atoms with van der Waals surface area (Å²) in [4.78, 5) is 51.2. The Morgan fingerprint density at radius 2 is 1.79 bits per heavy atom. The van der Waals surface area contributed by atoms with Gasteiger partial charge in [-0.15, -0.1) is 0 Å². The second-order valence-corrected chi connectivity index (χ2v) is 7.78. The van der Waals surface area contributed by atoms with Gasteiger partial charge in [0, 0.05) is 32.0 Å². The fraction of sp³-hybridized carbons (Fsp3) is 0.400. The monoisotopic (exact) mass is 471 g/mol. The molecule has 13 heteroatoms. The van der Waals surface area contributed by atoms with Crippen molar-refractivity contribution in [3.05, 3.63) is 50.5 Å². The molecule has 1 aliphatic heterocycles. The van der Waals surface area contributed by atoms with Crippen LogP contribution in [-0.4, -0.2) is 39.8 Å². The fourth-order valence-electron chi connectivity index (χ4n) is 3.77. The molecule has 1 aromatic carbocycles. The van der Waals surface area contributed by atoms with Gasteiger partial charge in [0.1, 0.15) is 17.5 Å². The van der Waals surface area contributed by atoms with Gasteiger partial charge >= 0.3 is 17.8 Å². The Bertz CT molecular complexity index is 1310. The molecule has 1 amide bonds. The van der Waals surface area contributed by atoms with Crippen LogP contribution in [-0.2, 0) is 27.5 Å². The number of amides is 1. The Labute approximate surface area is 182 Å². The highest BCUT2D eigenvalue weighted by Gasteiger charge is 2.59. The third-order valence-electron chi connectivity index (χ3n) is 5.69. The molecule has 9 nitrogen and oxygen atoms in total. The number of hydrogen-bond donors (Lipinski definition) is 0. The van der Waals surface area contributed by atoms with E-state index in [2.05, 4.69) is 0 Å². The van der Waals surface area contributed by atoms with Gasteiger partial charge in [-0.25, -0.2) is 18.5 Å². The maximum atomic E-state index is 15.0. The summed E-state index contributed by atoms with van der Waals surface area (Å²) >= 11 is 0. The SMILES string of the molecule is COC(=O)C(C)N1C(=O)C2(CC2)Oc2cc(F)c(-n3c(=O)cc(C(F)(F)F)n(C)c3=O)cc21. The number of alkyl halides is 3. The zero-order valence-electron chi connectivity index (χ0n) is 17.5. The zero-order valence-corrected chi connectivity index (χ0v) is 17.5. The lowest BCUT2D eigenvalue weighted by molar-refractivity contribution is -0.144. The topological polar surface area (TPSA) is 99.8 Å². The lowest BCUT2D eigenvalue weighted by Crippen LogP contribution is -2.54. The molecule has 0 saturated heterocycles. The first-order valence-electron chi connectivity index (χ1n) is 9.67. The van der Waals surface area contributed by atoms with Crippen molar-refractivity contribution in [3.8, 4) is 11.4 Å². The summed E-state index contributed by atoms with van der Waals surface area (Å²) < 4.78 is 65.1. The minimum Gasteiger partial charge on any atom is -0.475 e. The van der Waals surface area contributed by atoms with Crippen molar-refractivity contribution in [2.45, 2.75) is 37.6 Å². The van der Waals surface area contributed by atoms with Crippen molar-refractivity contribution < 1.29 is 36.6 Å². The number of anilines is 1. The summed E-state index contributed by atoms with van der Waals surface area (Å²) in [7, 11) is 1.89. The van der Waals surface area contributed by atoms with Gasteiger partial charge in [-0.3, -0.25) is 19.1 Å². The normalized spacial score (nSPS) is 17.4. The van der Waals surface area contributed by atoms with E-state index in [-0.39, 0.29) is 26.6 Å². The van der Waals surface area contributed by atoms with E-state index in [4.69, 9.17) is 9.47 Å². The number of halogens is 4. The molecule has 1 atom stereocenters. The van der Waals surface area contributed by atoms with Crippen LogP contribution in [0, 0.1) is 5.82 Å². The maximum Gasteiger partial charge on any atom is 0.431 e. The molecule has 1 unspecified atom stereocenters. The molecular weight excluding hydrogens is 454 g/mol. The van der Waals surface area contributed by atoms with Gasteiger partial charge in [-0.05, 0) is 13.0 Å². The molecule has 0 radical (unpaired) electrons. The van der Waals surface area contributed by atoms with Crippen molar-refractivity contribution in [1.82, 2.24) is 9.13 Å². The lowest BCUT2D eigenvalue weighted by atomic mass is 10.1. The van der Waals surface area contributed by atoms with E-state index in [1.165, 1.54) is 6.92 Å². The van der Waals surface area contributed by atoms with Gasteiger partial charge in [-0.2, -0.15) is 13.2 Å². The molecule has 1 aromatic heterocycles. The molecule has 176 valence electrons. The largest absolute Gasteiger partial charge is 0.475 e. The molecular formula is C20H17F4N3O6. The van der Waals surface area contributed by atoms with Crippen LogP contribution < -0.4 is 20.9 Å². The summed E-state index contributed by atoms with van der Waals surface area (Å²) in [6.45, 7) is 1.36. The highest BCUT2D eigenvalue weighted by Crippen LogP contribution is 2.50. The van der Waals surface area contributed by atoms with E-state index in [1.807, 2.05) is 0 Å². The number of fused-ring (bicyclic) bond motifs is 1. The van der Waals surface area contributed by atoms with Crippen molar-refractivity contribution in [3.63, 3.8) is 0 Å². The Morgan fingerprint density at radius 1 is 1.15 bits per heavy atom. The molecule has 2 aromatic rings. The second kappa shape index (κ2) is 7.18. The predicted octanol–water partition coefficient (Wildman–Crippen LogP) is 1.51. The molecule has 1 aliphatic carbocycles. The van der Waals surface area contributed by atoms with Gasteiger partial charge in [0.05, 0.1) is 18.5 Å². The van der Waals surface area contributed by atoms with E-state index in [0.29, 0.717) is 12.8 Å². The Morgan fingerprint density at radius 3 is 2.33 bits per heavy atom. The van der Waals surface area contributed by atoms with Crippen LogP contribution in [0.1, 0.15) is 25.5 Å². The first-order valence-corrected chi connectivity index (χ1v) is 9.67. The number of esters is 1. The van der Waals surface area contributed by atoms with Crippen LogP contribution in [0.25, 0.3) is 5.69 Å². The minimum absolute atomic E-state index is 0.124. The van der Waals surface area contributed by atoms with E-state index >= 15 is 4.39 Å². The van der Waals surface area contributed by atoms with Crippen molar-refractivity contribution >= 4 is 17.6 Å². The van der Waals surface area contributed by atoms with Gasteiger partial charge in [-0.1, -0.05) is 0 Å². The van der Waals surface area contributed by atoms with Crippen molar-refractivity contribution in [2.75, 3.05) is 12.0 Å². The summed E-state index contributed by atoms with van der Waals surface area (Å²) in [6.07, 6.45) is -4.33. The van der Waals surface area contributed by atoms with E-state index in [1.54, 1.807) is 0 Å². The first-order chi connectivity index (χ1) is 15.3.